The quantitative estimate of drug-likeness (QED) is 0.154. The molecule has 0 saturated carbocycles. The van der Waals surface area contributed by atoms with Crippen molar-refractivity contribution in [1.29, 1.82) is 0 Å². The number of para-hydroxylation sites is 2. The second-order valence-electron chi connectivity index (χ2n) is 17.6. The van der Waals surface area contributed by atoms with Gasteiger partial charge < -0.3 is 13.2 Å². The standard InChI is InChI=1S/C54H44N2OSi2/c1-58(2,39-23-27-49-47(33-39)53-45-31-35-15-11-13-21-41(35)43(45)25-29-51(53)55(49)37-17-7-5-8-18-37)57-59(3,4)40-24-28-50-48(34-40)54-46-32-36-16-12-14-22-42(36)44(46)26-30-52(54)56(50)38-19-9-6-10-20-38/h5-30,33-34H,31-32H2,1-4H3. The van der Waals surface area contributed by atoms with Crippen LogP contribution >= 0.6 is 0 Å². The molecule has 8 aromatic carbocycles. The third-order valence-corrected chi connectivity index (χ3v) is 20.8. The number of benzene rings is 8. The van der Waals surface area contributed by atoms with Crippen LogP contribution in [0.15, 0.2) is 170 Å². The number of fused-ring (bicyclic) bond motifs is 14. The molecule has 10 aromatic rings. The van der Waals surface area contributed by atoms with Crippen LogP contribution in [-0.2, 0) is 17.0 Å². The average Bonchev–Trinajstić information content (AvgIpc) is 4.01. The first kappa shape index (κ1) is 34.8. The highest BCUT2D eigenvalue weighted by atomic mass is 28.4. The molecule has 0 bridgehead atoms. The Kier molecular flexibility index (Phi) is 7.44. The summed E-state index contributed by atoms with van der Waals surface area (Å²) in [6, 6.07) is 63.4. The van der Waals surface area contributed by atoms with Crippen LogP contribution in [0.4, 0.5) is 0 Å². The normalized spacial score (nSPS) is 13.4. The number of rotatable bonds is 6. The molecule has 2 aliphatic rings. The van der Waals surface area contributed by atoms with E-state index in [4.69, 9.17) is 4.12 Å². The summed E-state index contributed by atoms with van der Waals surface area (Å²) in [6.07, 6.45) is 1.91. The summed E-state index contributed by atoms with van der Waals surface area (Å²) in [6.45, 7) is 9.62. The van der Waals surface area contributed by atoms with Crippen LogP contribution in [0.1, 0.15) is 22.3 Å². The minimum absolute atomic E-state index is 0.955. The second kappa shape index (κ2) is 12.6. The van der Waals surface area contributed by atoms with E-state index in [2.05, 4.69) is 205 Å². The molecule has 0 unspecified atom stereocenters. The smallest absolute Gasteiger partial charge is 0.206 e. The van der Waals surface area contributed by atoms with Crippen molar-refractivity contribution in [3.63, 3.8) is 0 Å². The van der Waals surface area contributed by atoms with Gasteiger partial charge in [-0.3, -0.25) is 0 Å². The third kappa shape index (κ3) is 5.15. The van der Waals surface area contributed by atoms with E-state index in [0.29, 0.717) is 0 Å². The first-order valence-corrected chi connectivity index (χ1v) is 26.8. The fourth-order valence-electron chi connectivity index (χ4n) is 10.7. The van der Waals surface area contributed by atoms with Crippen LogP contribution in [0, 0.1) is 0 Å². The van der Waals surface area contributed by atoms with Crippen LogP contribution in [-0.4, -0.2) is 25.8 Å². The van der Waals surface area contributed by atoms with Crippen molar-refractivity contribution in [2.45, 2.75) is 39.0 Å². The molecule has 0 fully saturated rings. The van der Waals surface area contributed by atoms with Crippen LogP contribution in [0.2, 0.25) is 26.2 Å². The molecule has 0 atom stereocenters. The second-order valence-corrected chi connectivity index (χ2v) is 25.6. The van der Waals surface area contributed by atoms with E-state index >= 15 is 0 Å². The summed E-state index contributed by atoms with van der Waals surface area (Å²) in [7, 11) is -4.88. The minimum atomic E-state index is -2.44. The van der Waals surface area contributed by atoms with E-state index < -0.39 is 16.6 Å². The van der Waals surface area contributed by atoms with Crippen molar-refractivity contribution in [3.05, 3.63) is 192 Å². The van der Waals surface area contributed by atoms with Gasteiger partial charge in [-0.05, 0) is 142 Å². The summed E-state index contributed by atoms with van der Waals surface area (Å²) >= 11 is 0. The zero-order valence-electron chi connectivity index (χ0n) is 33.9. The van der Waals surface area contributed by atoms with E-state index in [1.807, 2.05) is 0 Å². The Labute approximate surface area is 347 Å². The first-order valence-electron chi connectivity index (χ1n) is 20.9. The van der Waals surface area contributed by atoms with Crippen LogP contribution in [0.5, 0.6) is 0 Å². The highest BCUT2D eigenvalue weighted by molar-refractivity contribution is 6.97. The number of hydrogen-bond acceptors (Lipinski definition) is 1. The molecule has 284 valence electrons. The maximum atomic E-state index is 7.65. The van der Waals surface area contributed by atoms with Gasteiger partial charge in [0.15, 0.2) is 0 Å². The molecule has 0 N–H and O–H groups in total. The molecule has 0 radical (unpaired) electrons. The molecular weight excluding hydrogens is 749 g/mol. The van der Waals surface area contributed by atoms with E-state index in [-0.39, 0.29) is 0 Å². The highest BCUT2D eigenvalue weighted by Crippen LogP contribution is 2.46. The van der Waals surface area contributed by atoms with Crippen molar-refractivity contribution < 1.29 is 4.12 Å². The molecular formula is C54H44N2OSi2. The van der Waals surface area contributed by atoms with E-state index in [0.717, 1.165) is 12.8 Å². The van der Waals surface area contributed by atoms with Gasteiger partial charge in [-0.15, -0.1) is 0 Å². The lowest BCUT2D eigenvalue weighted by molar-refractivity contribution is 0.573. The van der Waals surface area contributed by atoms with Gasteiger partial charge in [0.25, 0.3) is 0 Å². The number of aromatic nitrogens is 2. The third-order valence-electron chi connectivity index (χ3n) is 13.4. The molecule has 0 spiro atoms. The van der Waals surface area contributed by atoms with Gasteiger partial charge >= 0.3 is 0 Å². The molecule has 2 aliphatic carbocycles. The summed E-state index contributed by atoms with van der Waals surface area (Å²) in [5, 5.41) is 8.05. The predicted molar refractivity (Wildman–Crippen MR) is 253 cm³/mol. The van der Waals surface area contributed by atoms with Crippen molar-refractivity contribution in [1.82, 2.24) is 9.13 Å². The summed E-state index contributed by atoms with van der Waals surface area (Å²) in [4.78, 5) is 0. The molecule has 3 nitrogen and oxygen atoms in total. The molecule has 0 amide bonds. The first-order chi connectivity index (χ1) is 28.7. The van der Waals surface area contributed by atoms with Crippen molar-refractivity contribution >= 4 is 70.6 Å². The summed E-state index contributed by atoms with van der Waals surface area (Å²) < 4.78 is 12.6. The van der Waals surface area contributed by atoms with Crippen LogP contribution in [0.25, 0.3) is 77.2 Å². The lowest BCUT2D eigenvalue weighted by Gasteiger charge is -2.34. The van der Waals surface area contributed by atoms with Crippen LogP contribution in [0.3, 0.4) is 0 Å². The lowest BCUT2D eigenvalue weighted by atomic mass is 10.0. The maximum absolute atomic E-state index is 7.65. The fraction of sp³-hybridized carbons (Fsp3) is 0.111. The zero-order valence-corrected chi connectivity index (χ0v) is 35.9. The topological polar surface area (TPSA) is 19.1 Å². The molecule has 12 rings (SSSR count). The van der Waals surface area contributed by atoms with Gasteiger partial charge in [-0.2, -0.15) is 0 Å². The van der Waals surface area contributed by atoms with Gasteiger partial charge in [-0.25, -0.2) is 0 Å². The van der Waals surface area contributed by atoms with E-state index in [1.165, 1.54) is 110 Å². The number of hydrogen-bond donors (Lipinski definition) is 0. The monoisotopic (exact) mass is 792 g/mol. The van der Waals surface area contributed by atoms with Crippen molar-refractivity contribution in [2.75, 3.05) is 0 Å². The van der Waals surface area contributed by atoms with Gasteiger partial charge in [-0.1, -0.05) is 121 Å². The minimum Gasteiger partial charge on any atom is -0.449 e. The zero-order chi connectivity index (χ0) is 39.6. The summed E-state index contributed by atoms with van der Waals surface area (Å²) in [5.74, 6) is 0. The average molecular weight is 793 g/mol. The van der Waals surface area contributed by atoms with Crippen LogP contribution < -0.4 is 10.4 Å². The van der Waals surface area contributed by atoms with Gasteiger partial charge in [0.05, 0.1) is 22.1 Å². The molecule has 0 aliphatic heterocycles. The van der Waals surface area contributed by atoms with E-state index in [1.54, 1.807) is 0 Å². The molecule has 5 heteroatoms. The highest BCUT2D eigenvalue weighted by Gasteiger charge is 2.37. The molecule has 2 heterocycles. The summed E-state index contributed by atoms with van der Waals surface area (Å²) in [5.41, 5.74) is 18.6. The Hall–Kier alpha value is -6.25. The Balaban J connectivity index is 0.991. The van der Waals surface area contributed by atoms with Crippen molar-refractivity contribution in [3.8, 4) is 33.6 Å². The maximum Gasteiger partial charge on any atom is 0.206 e. The molecule has 2 aromatic heterocycles. The van der Waals surface area contributed by atoms with E-state index in [9.17, 15) is 0 Å². The largest absolute Gasteiger partial charge is 0.449 e. The molecule has 59 heavy (non-hydrogen) atoms. The fourth-order valence-corrected chi connectivity index (χ4v) is 18.7. The van der Waals surface area contributed by atoms with Gasteiger partial charge in [0.1, 0.15) is 0 Å². The molecule has 0 saturated heterocycles. The Morgan fingerprint density at radius 1 is 0.390 bits per heavy atom. The Morgan fingerprint density at radius 3 is 1.22 bits per heavy atom. The lowest BCUT2D eigenvalue weighted by Crippen LogP contribution is -2.57. The SMILES string of the molecule is C[Si](C)(O[Si](C)(C)c1ccc2c(c1)c1c3c(ccc1n2-c1ccccc1)-c1ccccc1C3)c1ccc2c(c1)c1c3c(ccc1n2-c1ccccc1)-c1ccccc1C3. The predicted octanol–water partition coefficient (Wildman–Crippen LogP) is 12.6. The van der Waals surface area contributed by atoms with Gasteiger partial charge in [0, 0.05) is 32.9 Å². The Morgan fingerprint density at radius 2 is 0.780 bits per heavy atom. The van der Waals surface area contributed by atoms with Crippen molar-refractivity contribution in [2.24, 2.45) is 0 Å². The number of nitrogens with zero attached hydrogens (tertiary/aromatic N) is 2. The van der Waals surface area contributed by atoms with Gasteiger partial charge in [0.2, 0.25) is 16.6 Å². The Bertz CT molecular complexity index is 3130.